The third-order valence-electron chi connectivity index (χ3n) is 3.71. The van der Waals surface area contributed by atoms with E-state index in [4.69, 9.17) is 10.9 Å². The van der Waals surface area contributed by atoms with Gasteiger partial charge in [0.25, 0.3) is 0 Å². The molecule has 1 fully saturated rings. The maximum Gasteiger partial charge on any atom is 0.170 e. The molecule has 1 aliphatic rings. The maximum absolute atomic E-state index is 8.83. The summed E-state index contributed by atoms with van der Waals surface area (Å²) >= 11 is 0. The van der Waals surface area contributed by atoms with Gasteiger partial charge in [0.15, 0.2) is 5.84 Å². The minimum atomic E-state index is 0.183. The number of nitrogens with two attached hydrogens (primary N) is 1. The van der Waals surface area contributed by atoms with Crippen LogP contribution in [0.25, 0.3) is 0 Å². The number of hydrogen-bond acceptors (Lipinski definition) is 4. The molecule has 1 heterocycles. The van der Waals surface area contributed by atoms with Gasteiger partial charge in [0.05, 0.1) is 0 Å². The predicted octanol–water partition coefficient (Wildman–Crippen LogP) is 0.919. The highest BCUT2D eigenvalue weighted by Crippen LogP contribution is 2.13. The first-order chi connectivity index (χ1) is 9.24. The topological polar surface area (TPSA) is 65.1 Å². The molecule has 0 aliphatic carbocycles. The van der Waals surface area contributed by atoms with Crippen LogP contribution in [-0.4, -0.2) is 53.6 Å². The Labute approximate surface area is 114 Å². The summed E-state index contributed by atoms with van der Waals surface area (Å²) in [7, 11) is 0. The van der Waals surface area contributed by atoms with Crippen LogP contribution in [0.3, 0.4) is 0 Å². The van der Waals surface area contributed by atoms with Gasteiger partial charge >= 0.3 is 0 Å². The maximum atomic E-state index is 8.83. The number of rotatable bonds is 4. The van der Waals surface area contributed by atoms with Crippen LogP contribution in [-0.2, 0) is 6.54 Å². The number of hydrogen-bond donors (Lipinski definition) is 2. The summed E-state index contributed by atoms with van der Waals surface area (Å²) in [5, 5.41) is 11.9. The first-order valence-electron chi connectivity index (χ1n) is 6.75. The van der Waals surface area contributed by atoms with Gasteiger partial charge in [0.1, 0.15) is 0 Å². The van der Waals surface area contributed by atoms with Gasteiger partial charge < -0.3 is 15.8 Å². The molecular formula is C14H22N4O. The summed E-state index contributed by atoms with van der Waals surface area (Å²) in [5.41, 5.74) is 7.65. The summed E-state index contributed by atoms with van der Waals surface area (Å²) in [4.78, 5) is 4.86. The number of likely N-dealkylation sites (N-methyl/N-ethyl adjacent to an activating group) is 1. The van der Waals surface area contributed by atoms with Gasteiger partial charge in [-0.2, -0.15) is 0 Å². The van der Waals surface area contributed by atoms with Gasteiger partial charge in [0.2, 0.25) is 0 Å². The second-order valence-corrected chi connectivity index (χ2v) is 4.85. The molecule has 0 amide bonds. The summed E-state index contributed by atoms with van der Waals surface area (Å²) in [6.45, 7) is 8.53. The SMILES string of the molecule is CCN1CCN(Cc2ccccc2/C(N)=N/O)CC1. The largest absolute Gasteiger partial charge is 0.409 e. The minimum absolute atomic E-state index is 0.183. The monoisotopic (exact) mass is 262 g/mol. The molecule has 0 radical (unpaired) electrons. The van der Waals surface area contributed by atoms with E-state index in [0.717, 1.165) is 50.4 Å². The third-order valence-corrected chi connectivity index (χ3v) is 3.71. The molecule has 0 aromatic heterocycles. The molecule has 2 rings (SSSR count). The fourth-order valence-corrected chi connectivity index (χ4v) is 2.47. The van der Waals surface area contributed by atoms with E-state index in [1.807, 2.05) is 24.3 Å². The number of benzene rings is 1. The van der Waals surface area contributed by atoms with E-state index in [1.165, 1.54) is 0 Å². The van der Waals surface area contributed by atoms with Crippen molar-refractivity contribution in [1.82, 2.24) is 9.80 Å². The van der Waals surface area contributed by atoms with E-state index in [2.05, 4.69) is 21.9 Å². The average molecular weight is 262 g/mol. The Kier molecular flexibility index (Phi) is 4.76. The molecule has 0 saturated carbocycles. The lowest BCUT2D eigenvalue weighted by Gasteiger charge is -2.34. The Balaban J connectivity index is 2.04. The first-order valence-corrected chi connectivity index (χ1v) is 6.75. The molecule has 104 valence electrons. The fraction of sp³-hybridized carbons (Fsp3) is 0.500. The van der Waals surface area contributed by atoms with Crippen LogP contribution in [0.5, 0.6) is 0 Å². The van der Waals surface area contributed by atoms with E-state index in [0.29, 0.717) is 0 Å². The zero-order chi connectivity index (χ0) is 13.7. The van der Waals surface area contributed by atoms with Gasteiger partial charge in [-0.05, 0) is 12.1 Å². The van der Waals surface area contributed by atoms with Crippen LogP contribution in [0.4, 0.5) is 0 Å². The fourth-order valence-electron chi connectivity index (χ4n) is 2.47. The lowest BCUT2D eigenvalue weighted by Crippen LogP contribution is -2.45. The van der Waals surface area contributed by atoms with Gasteiger partial charge in [-0.15, -0.1) is 0 Å². The standard InChI is InChI=1S/C14H22N4O/c1-2-17-7-9-18(10-8-17)11-12-5-3-4-6-13(12)14(15)16-19/h3-6,19H,2,7-11H2,1H3,(H2,15,16). The summed E-state index contributed by atoms with van der Waals surface area (Å²) < 4.78 is 0. The van der Waals surface area contributed by atoms with Crippen molar-refractivity contribution < 1.29 is 5.21 Å². The molecule has 19 heavy (non-hydrogen) atoms. The molecule has 5 nitrogen and oxygen atoms in total. The van der Waals surface area contributed by atoms with E-state index in [1.54, 1.807) is 0 Å². The highest BCUT2D eigenvalue weighted by Gasteiger charge is 2.17. The van der Waals surface area contributed by atoms with Gasteiger partial charge in [-0.1, -0.05) is 36.3 Å². The van der Waals surface area contributed by atoms with E-state index >= 15 is 0 Å². The normalized spacial score (nSPS) is 18.7. The van der Waals surface area contributed by atoms with Crippen LogP contribution in [0.1, 0.15) is 18.1 Å². The highest BCUT2D eigenvalue weighted by molar-refractivity contribution is 5.98. The smallest absolute Gasteiger partial charge is 0.170 e. The van der Waals surface area contributed by atoms with E-state index in [-0.39, 0.29) is 5.84 Å². The van der Waals surface area contributed by atoms with Crippen molar-refractivity contribution >= 4 is 5.84 Å². The lowest BCUT2D eigenvalue weighted by molar-refractivity contribution is 0.132. The molecular weight excluding hydrogens is 240 g/mol. The zero-order valence-electron chi connectivity index (χ0n) is 11.4. The Hall–Kier alpha value is -1.59. The second kappa shape index (κ2) is 6.54. The molecule has 3 N–H and O–H groups in total. The van der Waals surface area contributed by atoms with Crippen molar-refractivity contribution in [1.29, 1.82) is 0 Å². The number of oxime groups is 1. The van der Waals surface area contributed by atoms with Crippen LogP contribution >= 0.6 is 0 Å². The van der Waals surface area contributed by atoms with E-state index in [9.17, 15) is 0 Å². The highest BCUT2D eigenvalue weighted by atomic mass is 16.4. The first kappa shape index (κ1) is 13.8. The minimum Gasteiger partial charge on any atom is -0.409 e. The van der Waals surface area contributed by atoms with Crippen molar-refractivity contribution in [2.75, 3.05) is 32.7 Å². The number of amidine groups is 1. The van der Waals surface area contributed by atoms with Gasteiger partial charge in [-0.3, -0.25) is 4.90 Å². The van der Waals surface area contributed by atoms with E-state index < -0.39 is 0 Å². The van der Waals surface area contributed by atoms with Gasteiger partial charge in [-0.25, -0.2) is 0 Å². The average Bonchev–Trinajstić information content (AvgIpc) is 2.48. The van der Waals surface area contributed by atoms with Crippen molar-refractivity contribution in [3.05, 3.63) is 35.4 Å². The molecule has 1 saturated heterocycles. The van der Waals surface area contributed by atoms with Crippen molar-refractivity contribution in [2.24, 2.45) is 10.9 Å². The molecule has 0 spiro atoms. The quantitative estimate of drug-likeness (QED) is 0.366. The molecule has 0 bridgehead atoms. The Morgan fingerprint density at radius 1 is 1.21 bits per heavy atom. The molecule has 5 heteroatoms. The molecule has 1 aromatic rings. The molecule has 1 aliphatic heterocycles. The van der Waals surface area contributed by atoms with Crippen molar-refractivity contribution in [2.45, 2.75) is 13.5 Å². The Morgan fingerprint density at radius 3 is 2.47 bits per heavy atom. The summed E-state index contributed by atoms with van der Waals surface area (Å²) in [6, 6.07) is 7.84. The zero-order valence-corrected chi connectivity index (χ0v) is 11.4. The number of piperazine rings is 1. The summed E-state index contributed by atoms with van der Waals surface area (Å²) in [5.74, 6) is 0.183. The predicted molar refractivity (Wildman–Crippen MR) is 76.3 cm³/mol. The van der Waals surface area contributed by atoms with Crippen LogP contribution in [0.15, 0.2) is 29.4 Å². The van der Waals surface area contributed by atoms with Gasteiger partial charge in [0, 0.05) is 38.3 Å². The molecule has 0 unspecified atom stereocenters. The van der Waals surface area contributed by atoms with Crippen molar-refractivity contribution in [3.8, 4) is 0 Å². The van der Waals surface area contributed by atoms with Crippen LogP contribution in [0, 0.1) is 0 Å². The second-order valence-electron chi connectivity index (χ2n) is 4.85. The Morgan fingerprint density at radius 2 is 1.84 bits per heavy atom. The Bertz CT molecular complexity index is 439. The van der Waals surface area contributed by atoms with Crippen LogP contribution in [0.2, 0.25) is 0 Å². The molecule has 0 atom stereocenters. The van der Waals surface area contributed by atoms with Crippen LogP contribution < -0.4 is 5.73 Å². The molecule has 1 aromatic carbocycles. The van der Waals surface area contributed by atoms with Crippen molar-refractivity contribution in [3.63, 3.8) is 0 Å². The lowest BCUT2D eigenvalue weighted by atomic mass is 10.1. The summed E-state index contributed by atoms with van der Waals surface area (Å²) in [6.07, 6.45) is 0. The number of nitrogens with zero attached hydrogens (tertiary/aromatic N) is 3. The third kappa shape index (κ3) is 3.45.